The standard InChI is InChI=1S/C19H28N2O5/c20-19(21-10-12-26-13-11-21)17(15(22)8-4-5-9-16(23)24)18(25)14-6-2-1-3-7-14/h1-3,6-7,17-19,25H,4-5,8-13,20H2,(H,23,24)/t17-,18-,19?/m1/s1. The number of hydrogen-bond acceptors (Lipinski definition) is 6. The Labute approximate surface area is 153 Å². The first kappa shape index (κ1) is 20.5. The lowest BCUT2D eigenvalue weighted by molar-refractivity contribution is -0.137. The van der Waals surface area contributed by atoms with Crippen molar-refractivity contribution in [3.8, 4) is 0 Å². The van der Waals surface area contributed by atoms with Crippen LogP contribution in [-0.4, -0.2) is 59.3 Å². The van der Waals surface area contributed by atoms with Gasteiger partial charge in [0.25, 0.3) is 0 Å². The minimum Gasteiger partial charge on any atom is -0.481 e. The Morgan fingerprint density at radius 3 is 2.35 bits per heavy atom. The van der Waals surface area contributed by atoms with Crippen LogP contribution in [0.2, 0.25) is 0 Å². The van der Waals surface area contributed by atoms with Crippen molar-refractivity contribution in [2.45, 2.75) is 38.0 Å². The summed E-state index contributed by atoms with van der Waals surface area (Å²) in [6, 6.07) is 9.03. The van der Waals surface area contributed by atoms with Crippen LogP contribution in [0.1, 0.15) is 37.4 Å². The maximum absolute atomic E-state index is 12.8. The quantitative estimate of drug-likeness (QED) is 0.534. The number of carbonyl (C=O) groups is 2. The van der Waals surface area contributed by atoms with Gasteiger partial charge in [-0.2, -0.15) is 0 Å². The zero-order valence-electron chi connectivity index (χ0n) is 14.9. The zero-order valence-corrected chi connectivity index (χ0v) is 14.9. The molecule has 1 fully saturated rings. The summed E-state index contributed by atoms with van der Waals surface area (Å²) in [5, 5.41) is 19.6. The fraction of sp³-hybridized carbons (Fsp3) is 0.579. The molecule has 7 nitrogen and oxygen atoms in total. The number of benzene rings is 1. The molecule has 0 spiro atoms. The molecule has 3 atom stereocenters. The maximum Gasteiger partial charge on any atom is 0.303 e. The van der Waals surface area contributed by atoms with E-state index in [1.165, 1.54) is 0 Å². The van der Waals surface area contributed by atoms with E-state index in [1.54, 1.807) is 12.1 Å². The van der Waals surface area contributed by atoms with E-state index in [0.29, 0.717) is 44.7 Å². The van der Waals surface area contributed by atoms with Gasteiger partial charge in [0.1, 0.15) is 5.78 Å². The molecule has 2 rings (SSSR count). The second-order valence-corrected chi connectivity index (χ2v) is 6.59. The highest BCUT2D eigenvalue weighted by Gasteiger charge is 2.36. The third-order valence-corrected chi connectivity index (χ3v) is 4.75. The number of nitrogens with two attached hydrogens (primary N) is 1. The molecule has 1 aliphatic heterocycles. The second-order valence-electron chi connectivity index (χ2n) is 6.59. The molecule has 7 heteroatoms. The summed E-state index contributed by atoms with van der Waals surface area (Å²) in [7, 11) is 0. The molecule has 1 unspecified atom stereocenters. The number of ketones is 1. The number of nitrogens with zero attached hydrogens (tertiary/aromatic N) is 1. The average Bonchev–Trinajstić information content (AvgIpc) is 2.66. The summed E-state index contributed by atoms with van der Waals surface area (Å²) >= 11 is 0. The van der Waals surface area contributed by atoms with Gasteiger partial charge < -0.3 is 20.7 Å². The highest BCUT2D eigenvalue weighted by atomic mass is 16.5. The SMILES string of the molecule is NC([C@H](C(=O)CCCCC(=O)O)[C@H](O)c1ccccc1)N1CCOCC1. The van der Waals surface area contributed by atoms with Crippen molar-refractivity contribution >= 4 is 11.8 Å². The van der Waals surface area contributed by atoms with Crippen LogP contribution < -0.4 is 5.73 Å². The number of ether oxygens (including phenoxy) is 1. The number of morpholine rings is 1. The number of Topliss-reactive ketones (excluding diaryl/α,β-unsaturated/α-hetero) is 1. The second kappa shape index (κ2) is 10.4. The molecule has 0 saturated carbocycles. The van der Waals surface area contributed by atoms with Gasteiger partial charge >= 0.3 is 5.97 Å². The number of aliphatic hydroxyl groups is 1. The van der Waals surface area contributed by atoms with Crippen molar-refractivity contribution in [2.75, 3.05) is 26.3 Å². The Balaban J connectivity index is 2.09. The van der Waals surface area contributed by atoms with Gasteiger partial charge in [-0.25, -0.2) is 0 Å². The van der Waals surface area contributed by atoms with Gasteiger partial charge in [0.2, 0.25) is 0 Å². The molecule has 0 aromatic heterocycles. The van der Waals surface area contributed by atoms with Crippen LogP contribution in [0.25, 0.3) is 0 Å². The van der Waals surface area contributed by atoms with E-state index in [-0.39, 0.29) is 18.6 Å². The molecule has 0 aliphatic carbocycles. The highest BCUT2D eigenvalue weighted by molar-refractivity contribution is 5.82. The average molecular weight is 364 g/mol. The first-order valence-electron chi connectivity index (χ1n) is 9.05. The van der Waals surface area contributed by atoms with Crippen molar-refractivity contribution in [3.63, 3.8) is 0 Å². The molecule has 4 N–H and O–H groups in total. The molecule has 0 bridgehead atoms. The molecule has 1 aromatic carbocycles. The van der Waals surface area contributed by atoms with Gasteiger partial charge in [-0.3, -0.25) is 14.5 Å². The number of aliphatic hydroxyl groups excluding tert-OH is 1. The van der Waals surface area contributed by atoms with Crippen molar-refractivity contribution < 1.29 is 24.5 Å². The molecular formula is C19H28N2O5. The molecule has 0 amide bonds. The van der Waals surface area contributed by atoms with Crippen molar-refractivity contribution in [1.82, 2.24) is 4.90 Å². The van der Waals surface area contributed by atoms with Crippen molar-refractivity contribution in [3.05, 3.63) is 35.9 Å². The lowest BCUT2D eigenvalue weighted by Crippen LogP contribution is -2.55. The molecule has 1 saturated heterocycles. The fourth-order valence-corrected chi connectivity index (χ4v) is 3.26. The number of aliphatic carboxylic acids is 1. The van der Waals surface area contributed by atoms with E-state index in [2.05, 4.69) is 0 Å². The van der Waals surface area contributed by atoms with Crippen LogP contribution in [0.15, 0.2) is 30.3 Å². The molecule has 1 heterocycles. The zero-order chi connectivity index (χ0) is 18.9. The van der Waals surface area contributed by atoms with E-state index in [1.807, 2.05) is 23.1 Å². The fourth-order valence-electron chi connectivity index (χ4n) is 3.26. The lowest BCUT2D eigenvalue weighted by Gasteiger charge is -2.38. The summed E-state index contributed by atoms with van der Waals surface area (Å²) in [6.07, 6.45) is -0.461. The van der Waals surface area contributed by atoms with E-state index < -0.39 is 24.2 Å². The maximum atomic E-state index is 12.8. The Hall–Kier alpha value is -1.80. The summed E-state index contributed by atoms with van der Waals surface area (Å²) in [4.78, 5) is 25.4. The summed E-state index contributed by atoms with van der Waals surface area (Å²) in [5.41, 5.74) is 7.03. The third-order valence-electron chi connectivity index (χ3n) is 4.75. The number of hydrogen-bond donors (Lipinski definition) is 3. The summed E-state index contributed by atoms with van der Waals surface area (Å²) in [5.74, 6) is -1.77. The Morgan fingerprint density at radius 2 is 1.73 bits per heavy atom. The minimum atomic E-state index is -0.999. The molecular weight excluding hydrogens is 336 g/mol. The Morgan fingerprint density at radius 1 is 1.12 bits per heavy atom. The van der Waals surface area contributed by atoms with Gasteiger partial charge in [0.15, 0.2) is 0 Å². The van der Waals surface area contributed by atoms with E-state index in [4.69, 9.17) is 15.6 Å². The van der Waals surface area contributed by atoms with Crippen LogP contribution in [0.5, 0.6) is 0 Å². The number of rotatable bonds is 10. The lowest BCUT2D eigenvalue weighted by atomic mass is 9.86. The summed E-state index contributed by atoms with van der Waals surface area (Å²) < 4.78 is 5.34. The van der Waals surface area contributed by atoms with Crippen molar-refractivity contribution in [2.24, 2.45) is 11.7 Å². The molecule has 1 aliphatic rings. The smallest absolute Gasteiger partial charge is 0.303 e. The normalized spacial score (nSPS) is 18.8. The molecule has 26 heavy (non-hydrogen) atoms. The van der Waals surface area contributed by atoms with Gasteiger partial charge in [0.05, 0.1) is 31.4 Å². The van der Waals surface area contributed by atoms with Crippen LogP contribution in [0.3, 0.4) is 0 Å². The van der Waals surface area contributed by atoms with E-state index >= 15 is 0 Å². The largest absolute Gasteiger partial charge is 0.481 e. The molecule has 144 valence electrons. The van der Waals surface area contributed by atoms with Crippen LogP contribution in [0, 0.1) is 5.92 Å². The first-order chi connectivity index (χ1) is 12.5. The predicted octanol–water partition coefficient (Wildman–Crippen LogP) is 1.17. The van der Waals surface area contributed by atoms with Crippen LogP contribution in [0.4, 0.5) is 0 Å². The first-order valence-corrected chi connectivity index (χ1v) is 9.05. The number of carbonyl (C=O) groups excluding carboxylic acids is 1. The monoisotopic (exact) mass is 364 g/mol. The molecule has 1 aromatic rings. The number of unbranched alkanes of at least 4 members (excludes halogenated alkanes) is 1. The Bertz CT molecular complexity index is 575. The van der Waals surface area contributed by atoms with Gasteiger partial charge in [0, 0.05) is 25.9 Å². The minimum absolute atomic E-state index is 0.0364. The van der Waals surface area contributed by atoms with Crippen LogP contribution in [-0.2, 0) is 14.3 Å². The third kappa shape index (κ3) is 5.88. The Kier molecular flexibility index (Phi) is 8.18. The van der Waals surface area contributed by atoms with Gasteiger partial charge in [-0.05, 0) is 18.4 Å². The number of carboxylic acids is 1. The summed E-state index contributed by atoms with van der Waals surface area (Å²) in [6.45, 7) is 2.33. The van der Waals surface area contributed by atoms with Gasteiger partial charge in [-0.15, -0.1) is 0 Å². The predicted molar refractivity (Wildman–Crippen MR) is 96.4 cm³/mol. The van der Waals surface area contributed by atoms with Crippen molar-refractivity contribution in [1.29, 1.82) is 0 Å². The number of carboxylic acid groups (broad SMARTS) is 1. The van der Waals surface area contributed by atoms with E-state index in [9.17, 15) is 14.7 Å². The highest BCUT2D eigenvalue weighted by Crippen LogP contribution is 2.28. The van der Waals surface area contributed by atoms with E-state index in [0.717, 1.165) is 0 Å². The topological polar surface area (TPSA) is 113 Å². The van der Waals surface area contributed by atoms with Gasteiger partial charge in [-0.1, -0.05) is 30.3 Å². The molecule has 0 radical (unpaired) electrons. The van der Waals surface area contributed by atoms with Crippen LogP contribution >= 0.6 is 0 Å².